The van der Waals surface area contributed by atoms with Crippen molar-refractivity contribution in [3.05, 3.63) is 53.3 Å². The van der Waals surface area contributed by atoms with Gasteiger partial charge in [0.2, 0.25) is 0 Å². The number of fused-ring (bicyclic) bond motifs is 2. The van der Waals surface area contributed by atoms with Crippen molar-refractivity contribution in [2.45, 2.75) is 0 Å². The summed E-state index contributed by atoms with van der Waals surface area (Å²) in [6.07, 6.45) is 1.56. The second-order valence-corrected chi connectivity index (χ2v) is 6.07. The number of rotatable bonds is 3. The summed E-state index contributed by atoms with van der Waals surface area (Å²) in [5.74, 6) is -0.725. The largest absolute Gasteiger partial charge is 0.423 e. The van der Waals surface area contributed by atoms with Gasteiger partial charge in [0.25, 0.3) is 5.91 Å². The number of primary amides is 1. The van der Waals surface area contributed by atoms with Crippen LogP contribution >= 0.6 is 11.3 Å². The van der Waals surface area contributed by atoms with Crippen molar-refractivity contribution in [3.63, 3.8) is 0 Å². The van der Waals surface area contributed by atoms with Crippen LogP contribution in [0.25, 0.3) is 21.3 Å². The number of benzene rings is 2. The Bertz CT molecular complexity index is 1100. The van der Waals surface area contributed by atoms with E-state index in [1.807, 2.05) is 0 Å². The van der Waals surface area contributed by atoms with Gasteiger partial charge in [-0.1, -0.05) is 0 Å². The zero-order chi connectivity index (χ0) is 16.7. The lowest BCUT2D eigenvalue weighted by molar-refractivity contribution is 0.0735. The SMILES string of the molecule is NC(=O)c1nc2cc(OC(=O)c3ccc4nc[nH]c4c3)ccc2s1. The van der Waals surface area contributed by atoms with Crippen LogP contribution in [0.1, 0.15) is 20.2 Å². The molecule has 0 spiro atoms. The summed E-state index contributed by atoms with van der Waals surface area (Å²) < 4.78 is 6.17. The van der Waals surface area contributed by atoms with Gasteiger partial charge in [-0.25, -0.2) is 14.8 Å². The number of nitrogens with one attached hydrogen (secondary N) is 1. The fourth-order valence-corrected chi connectivity index (χ4v) is 3.10. The highest BCUT2D eigenvalue weighted by Gasteiger charge is 2.13. The van der Waals surface area contributed by atoms with E-state index in [-0.39, 0.29) is 5.01 Å². The van der Waals surface area contributed by atoms with E-state index in [9.17, 15) is 9.59 Å². The average Bonchev–Trinajstić information content (AvgIpc) is 3.20. The van der Waals surface area contributed by atoms with Gasteiger partial charge < -0.3 is 15.5 Å². The topological polar surface area (TPSA) is 111 Å². The van der Waals surface area contributed by atoms with Crippen LogP contribution in [0.4, 0.5) is 0 Å². The number of hydrogen-bond acceptors (Lipinski definition) is 6. The molecule has 0 aliphatic heterocycles. The Kier molecular flexibility index (Phi) is 3.24. The highest BCUT2D eigenvalue weighted by molar-refractivity contribution is 7.20. The summed E-state index contributed by atoms with van der Waals surface area (Å²) in [4.78, 5) is 34.6. The van der Waals surface area contributed by atoms with E-state index in [4.69, 9.17) is 10.5 Å². The summed E-state index contributed by atoms with van der Waals surface area (Å²) >= 11 is 1.19. The lowest BCUT2D eigenvalue weighted by Gasteiger charge is -2.04. The minimum Gasteiger partial charge on any atom is -0.423 e. The van der Waals surface area contributed by atoms with Gasteiger partial charge in [-0.15, -0.1) is 11.3 Å². The summed E-state index contributed by atoms with van der Waals surface area (Å²) in [5, 5.41) is 0.221. The normalized spacial score (nSPS) is 11.0. The Morgan fingerprint density at radius 1 is 1.12 bits per heavy atom. The quantitative estimate of drug-likeness (QED) is 0.440. The highest BCUT2D eigenvalue weighted by atomic mass is 32.1. The highest BCUT2D eigenvalue weighted by Crippen LogP contribution is 2.26. The van der Waals surface area contributed by atoms with Crippen LogP contribution in [-0.4, -0.2) is 26.8 Å². The first-order valence-electron chi connectivity index (χ1n) is 6.96. The summed E-state index contributed by atoms with van der Waals surface area (Å²) in [7, 11) is 0. The fraction of sp³-hybridized carbons (Fsp3) is 0. The maximum absolute atomic E-state index is 12.3. The van der Waals surface area contributed by atoms with Gasteiger partial charge in [-0.05, 0) is 30.3 Å². The molecule has 4 aromatic rings. The van der Waals surface area contributed by atoms with Crippen LogP contribution in [0.2, 0.25) is 0 Å². The van der Waals surface area contributed by atoms with Crippen molar-refractivity contribution in [1.82, 2.24) is 15.0 Å². The molecule has 118 valence electrons. The number of H-pyrrole nitrogens is 1. The van der Waals surface area contributed by atoms with Crippen LogP contribution in [0.3, 0.4) is 0 Å². The number of carbonyl (C=O) groups excluding carboxylic acids is 2. The first-order chi connectivity index (χ1) is 11.6. The molecule has 24 heavy (non-hydrogen) atoms. The predicted molar refractivity (Wildman–Crippen MR) is 89.2 cm³/mol. The van der Waals surface area contributed by atoms with E-state index in [1.165, 1.54) is 11.3 Å². The molecule has 0 saturated heterocycles. The molecule has 0 aliphatic rings. The van der Waals surface area contributed by atoms with Crippen molar-refractivity contribution in [1.29, 1.82) is 0 Å². The first kappa shape index (κ1) is 14.3. The number of aromatic amines is 1. The number of amides is 1. The number of ether oxygens (including phenoxy) is 1. The Morgan fingerprint density at radius 2 is 2.00 bits per heavy atom. The fourth-order valence-electron chi connectivity index (χ4n) is 2.30. The smallest absolute Gasteiger partial charge is 0.343 e. The molecule has 2 heterocycles. The molecule has 0 atom stereocenters. The third-order valence-electron chi connectivity index (χ3n) is 3.44. The summed E-state index contributed by atoms with van der Waals surface area (Å²) in [5.41, 5.74) is 7.72. The zero-order valence-electron chi connectivity index (χ0n) is 12.1. The van der Waals surface area contributed by atoms with Gasteiger partial charge in [0.1, 0.15) is 5.75 Å². The molecular weight excluding hydrogens is 328 g/mol. The lowest BCUT2D eigenvalue weighted by Crippen LogP contribution is -2.09. The van der Waals surface area contributed by atoms with Gasteiger partial charge in [-0.3, -0.25) is 4.79 Å². The zero-order valence-corrected chi connectivity index (χ0v) is 13.0. The van der Waals surface area contributed by atoms with Crippen molar-refractivity contribution in [2.75, 3.05) is 0 Å². The third kappa shape index (κ3) is 2.48. The number of carbonyl (C=O) groups is 2. The molecule has 8 heteroatoms. The van der Waals surface area contributed by atoms with Crippen molar-refractivity contribution >= 4 is 44.5 Å². The van der Waals surface area contributed by atoms with E-state index in [0.29, 0.717) is 16.8 Å². The van der Waals surface area contributed by atoms with Crippen LogP contribution in [0.5, 0.6) is 5.75 Å². The van der Waals surface area contributed by atoms with Crippen LogP contribution < -0.4 is 10.5 Å². The summed E-state index contributed by atoms with van der Waals surface area (Å²) in [6.45, 7) is 0. The van der Waals surface area contributed by atoms with Crippen LogP contribution in [-0.2, 0) is 0 Å². The van der Waals surface area contributed by atoms with E-state index >= 15 is 0 Å². The second-order valence-electron chi connectivity index (χ2n) is 5.04. The number of esters is 1. The Labute approximate surface area is 139 Å². The number of nitrogens with zero attached hydrogens (tertiary/aromatic N) is 2. The van der Waals surface area contributed by atoms with Gasteiger partial charge in [0, 0.05) is 6.07 Å². The molecule has 2 aromatic carbocycles. The van der Waals surface area contributed by atoms with E-state index in [0.717, 1.165) is 15.7 Å². The molecular formula is C16H10N4O3S. The average molecular weight is 338 g/mol. The Balaban J connectivity index is 1.62. The second kappa shape index (κ2) is 5.43. The lowest BCUT2D eigenvalue weighted by atomic mass is 10.2. The van der Waals surface area contributed by atoms with Gasteiger partial charge >= 0.3 is 5.97 Å². The number of nitrogens with two attached hydrogens (primary N) is 1. The monoisotopic (exact) mass is 338 g/mol. The number of aromatic nitrogens is 3. The maximum atomic E-state index is 12.3. The predicted octanol–water partition coefficient (Wildman–Crippen LogP) is 2.49. The summed E-state index contributed by atoms with van der Waals surface area (Å²) in [6, 6.07) is 10.1. The molecule has 0 radical (unpaired) electrons. The molecule has 0 unspecified atom stereocenters. The molecule has 0 bridgehead atoms. The molecule has 1 amide bonds. The van der Waals surface area contributed by atoms with Gasteiger partial charge in [-0.2, -0.15) is 0 Å². The molecule has 3 N–H and O–H groups in total. The molecule has 0 fully saturated rings. The van der Waals surface area contributed by atoms with E-state index in [2.05, 4.69) is 15.0 Å². The maximum Gasteiger partial charge on any atom is 0.343 e. The van der Waals surface area contributed by atoms with Crippen LogP contribution in [0, 0.1) is 0 Å². The van der Waals surface area contributed by atoms with Gasteiger partial charge in [0.05, 0.1) is 33.1 Å². The third-order valence-corrected chi connectivity index (χ3v) is 4.49. The number of imidazole rings is 1. The van der Waals surface area contributed by atoms with Crippen molar-refractivity contribution in [3.8, 4) is 5.75 Å². The van der Waals surface area contributed by atoms with Crippen molar-refractivity contribution < 1.29 is 14.3 Å². The minimum atomic E-state index is -0.581. The minimum absolute atomic E-state index is 0.221. The molecule has 7 nitrogen and oxygen atoms in total. The first-order valence-corrected chi connectivity index (χ1v) is 7.77. The molecule has 2 aromatic heterocycles. The van der Waals surface area contributed by atoms with Crippen molar-refractivity contribution in [2.24, 2.45) is 5.73 Å². The Morgan fingerprint density at radius 3 is 2.83 bits per heavy atom. The van der Waals surface area contributed by atoms with Crippen LogP contribution in [0.15, 0.2) is 42.7 Å². The molecule has 0 saturated carbocycles. The standard InChI is InChI=1S/C16H10N4O3S/c17-14(21)15-20-12-6-9(2-4-13(12)24-15)23-16(22)8-1-3-10-11(5-8)19-7-18-10/h1-7H,(H2,17,21)(H,18,19). The van der Waals surface area contributed by atoms with Gasteiger partial charge in [0.15, 0.2) is 5.01 Å². The molecule has 4 rings (SSSR count). The molecule has 0 aliphatic carbocycles. The van der Waals surface area contributed by atoms with E-state index in [1.54, 1.807) is 42.7 Å². The number of thiazole rings is 1. The van der Waals surface area contributed by atoms with E-state index < -0.39 is 11.9 Å². The number of hydrogen-bond donors (Lipinski definition) is 2. The Hall–Kier alpha value is -3.26.